The van der Waals surface area contributed by atoms with Crippen LogP contribution in [0, 0.1) is 6.92 Å². The lowest BCUT2D eigenvalue weighted by Gasteiger charge is -2.35. The van der Waals surface area contributed by atoms with Gasteiger partial charge >= 0.3 is 0 Å². The van der Waals surface area contributed by atoms with Crippen molar-refractivity contribution in [1.82, 2.24) is 19.9 Å². The summed E-state index contributed by atoms with van der Waals surface area (Å²) in [5, 5.41) is 0. The van der Waals surface area contributed by atoms with Gasteiger partial charge in [-0.15, -0.1) is 0 Å². The number of amides is 1. The van der Waals surface area contributed by atoms with Crippen LogP contribution in [0.25, 0.3) is 0 Å². The lowest BCUT2D eigenvalue weighted by Crippen LogP contribution is -2.49. The summed E-state index contributed by atoms with van der Waals surface area (Å²) >= 11 is 0. The van der Waals surface area contributed by atoms with Gasteiger partial charge in [-0.25, -0.2) is 9.97 Å². The quantitative estimate of drug-likeness (QED) is 0.827. The summed E-state index contributed by atoms with van der Waals surface area (Å²) in [6.45, 7) is 4.92. The number of carbonyl (C=O) groups is 1. The van der Waals surface area contributed by atoms with Crippen molar-refractivity contribution in [2.24, 2.45) is 0 Å². The van der Waals surface area contributed by atoms with Crippen LogP contribution in [0.5, 0.6) is 0 Å². The van der Waals surface area contributed by atoms with Gasteiger partial charge in [0.05, 0.1) is 0 Å². The van der Waals surface area contributed by atoms with Crippen molar-refractivity contribution >= 4 is 11.7 Å². The van der Waals surface area contributed by atoms with Crippen LogP contribution in [0.4, 0.5) is 5.82 Å². The molecule has 2 aromatic rings. The van der Waals surface area contributed by atoms with Crippen LogP contribution in [0.2, 0.25) is 0 Å². The molecule has 6 heteroatoms. The number of nitrogens with zero attached hydrogens (tertiary/aromatic N) is 5. The molecule has 0 unspecified atom stereocenters. The van der Waals surface area contributed by atoms with E-state index in [0.29, 0.717) is 18.7 Å². The molecule has 0 aromatic carbocycles. The average Bonchev–Trinajstić information content (AvgIpc) is 2.55. The molecule has 21 heavy (non-hydrogen) atoms. The largest absolute Gasteiger partial charge is 0.353 e. The van der Waals surface area contributed by atoms with E-state index in [2.05, 4.69) is 19.9 Å². The Bertz CT molecular complexity index is 623. The lowest BCUT2D eigenvalue weighted by atomic mass is 10.2. The van der Waals surface area contributed by atoms with Crippen LogP contribution in [-0.4, -0.2) is 51.9 Å². The molecular weight excluding hydrogens is 266 g/mol. The van der Waals surface area contributed by atoms with Gasteiger partial charge in [0.1, 0.15) is 12.1 Å². The Morgan fingerprint density at radius 2 is 1.81 bits per heavy atom. The molecule has 1 aliphatic rings. The van der Waals surface area contributed by atoms with Crippen molar-refractivity contribution in [3.63, 3.8) is 0 Å². The molecule has 108 valence electrons. The summed E-state index contributed by atoms with van der Waals surface area (Å²) in [4.78, 5) is 28.8. The molecule has 1 aliphatic heterocycles. The molecule has 1 fully saturated rings. The molecule has 3 heterocycles. The Morgan fingerprint density at radius 3 is 2.48 bits per heavy atom. The monoisotopic (exact) mass is 283 g/mol. The van der Waals surface area contributed by atoms with E-state index in [-0.39, 0.29) is 5.91 Å². The minimum Gasteiger partial charge on any atom is -0.353 e. The highest BCUT2D eigenvalue weighted by molar-refractivity contribution is 5.94. The zero-order valence-corrected chi connectivity index (χ0v) is 11.9. The first-order valence-corrected chi connectivity index (χ1v) is 6.97. The summed E-state index contributed by atoms with van der Waals surface area (Å²) in [6.07, 6.45) is 4.87. The standard InChI is InChI=1S/C15H17N5O/c1-12-10-14(18-11-17-12)19-6-8-20(9-7-19)15(21)13-2-4-16-5-3-13/h2-5,10-11H,6-9H2,1H3. The molecule has 1 saturated heterocycles. The number of aryl methyl sites for hydroxylation is 1. The van der Waals surface area contributed by atoms with Gasteiger partial charge in [0.2, 0.25) is 0 Å². The maximum Gasteiger partial charge on any atom is 0.254 e. The van der Waals surface area contributed by atoms with Gasteiger partial charge in [-0.1, -0.05) is 0 Å². The van der Waals surface area contributed by atoms with E-state index in [9.17, 15) is 4.79 Å². The third kappa shape index (κ3) is 2.99. The predicted molar refractivity (Wildman–Crippen MR) is 79.1 cm³/mol. The number of aromatic nitrogens is 3. The third-order valence-electron chi connectivity index (χ3n) is 3.61. The molecule has 1 amide bonds. The van der Waals surface area contributed by atoms with E-state index in [1.807, 2.05) is 17.9 Å². The molecule has 0 saturated carbocycles. The van der Waals surface area contributed by atoms with Gasteiger partial charge in [0.15, 0.2) is 0 Å². The highest BCUT2D eigenvalue weighted by atomic mass is 16.2. The first kappa shape index (κ1) is 13.5. The molecule has 0 radical (unpaired) electrons. The molecule has 0 atom stereocenters. The van der Waals surface area contributed by atoms with Crippen molar-refractivity contribution < 1.29 is 4.79 Å². The maximum absolute atomic E-state index is 12.4. The van der Waals surface area contributed by atoms with Gasteiger partial charge in [-0.05, 0) is 19.1 Å². The van der Waals surface area contributed by atoms with Crippen molar-refractivity contribution in [2.75, 3.05) is 31.1 Å². The van der Waals surface area contributed by atoms with Crippen LogP contribution in [-0.2, 0) is 0 Å². The van der Waals surface area contributed by atoms with E-state index in [4.69, 9.17) is 0 Å². The third-order valence-corrected chi connectivity index (χ3v) is 3.61. The van der Waals surface area contributed by atoms with E-state index < -0.39 is 0 Å². The number of hydrogen-bond donors (Lipinski definition) is 0. The summed E-state index contributed by atoms with van der Waals surface area (Å²) in [6, 6.07) is 5.48. The normalized spacial score (nSPS) is 15.1. The number of rotatable bonds is 2. The van der Waals surface area contributed by atoms with Crippen LogP contribution >= 0.6 is 0 Å². The molecule has 2 aromatic heterocycles. The van der Waals surface area contributed by atoms with Crippen molar-refractivity contribution in [2.45, 2.75) is 6.92 Å². The number of carbonyl (C=O) groups excluding carboxylic acids is 1. The number of anilines is 1. The number of pyridine rings is 1. The number of piperazine rings is 1. The molecular formula is C15H17N5O. The Hall–Kier alpha value is -2.50. The smallest absolute Gasteiger partial charge is 0.254 e. The minimum absolute atomic E-state index is 0.0657. The highest BCUT2D eigenvalue weighted by Crippen LogP contribution is 2.15. The molecule has 0 N–H and O–H groups in total. The summed E-state index contributed by atoms with van der Waals surface area (Å²) < 4.78 is 0. The summed E-state index contributed by atoms with van der Waals surface area (Å²) in [5.74, 6) is 0.995. The zero-order valence-electron chi connectivity index (χ0n) is 11.9. The van der Waals surface area contributed by atoms with E-state index >= 15 is 0 Å². The molecule has 6 nitrogen and oxygen atoms in total. The van der Waals surface area contributed by atoms with Crippen molar-refractivity contribution in [3.05, 3.63) is 48.2 Å². The van der Waals surface area contributed by atoms with E-state index in [1.165, 1.54) is 0 Å². The lowest BCUT2D eigenvalue weighted by molar-refractivity contribution is 0.0746. The fourth-order valence-corrected chi connectivity index (χ4v) is 2.43. The van der Waals surface area contributed by atoms with Crippen LogP contribution < -0.4 is 4.90 Å². The molecule has 0 aliphatic carbocycles. The zero-order chi connectivity index (χ0) is 14.7. The molecule has 3 rings (SSSR count). The van der Waals surface area contributed by atoms with Gasteiger partial charge in [-0.3, -0.25) is 9.78 Å². The topological polar surface area (TPSA) is 62.2 Å². The van der Waals surface area contributed by atoms with Crippen LogP contribution in [0.15, 0.2) is 36.9 Å². The van der Waals surface area contributed by atoms with Crippen molar-refractivity contribution in [1.29, 1.82) is 0 Å². The van der Waals surface area contributed by atoms with Gasteiger partial charge in [-0.2, -0.15) is 0 Å². The Morgan fingerprint density at radius 1 is 1.10 bits per heavy atom. The Kier molecular flexibility index (Phi) is 3.77. The number of hydrogen-bond acceptors (Lipinski definition) is 5. The molecule has 0 bridgehead atoms. The molecule has 0 spiro atoms. The fraction of sp³-hybridized carbons (Fsp3) is 0.333. The second-order valence-corrected chi connectivity index (χ2v) is 5.03. The van der Waals surface area contributed by atoms with Crippen LogP contribution in [0.1, 0.15) is 16.1 Å². The van der Waals surface area contributed by atoms with E-state index in [1.54, 1.807) is 30.9 Å². The minimum atomic E-state index is 0.0657. The van der Waals surface area contributed by atoms with Gasteiger partial charge < -0.3 is 9.80 Å². The van der Waals surface area contributed by atoms with E-state index in [0.717, 1.165) is 24.6 Å². The highest BCUT2D eigenvalue weighted by Gasteiger charge is 2.22. The SMILES string of the molecule is Cc1cc(N2CCN(C(=O)c3ccncc3)CC2)ncn1. The Balaban J connectivity index is 1.64. The first-order chi connectivity index (χ1) is 10.2. The Labute approximate surface area is 123 Å². The summed E-state index contributed by atoms with van der Waals surface area (Å²) in [7, 11) is 0. The fourth-order valence-electron chi connectivity index (χ4n) is 2.43. The van der Waals surface area contributed by atoms with Gasteiger partial charge in [0, 0.05) is 55.9 Å². The first-order valence-electron chi connectivity index (χ1n) is 6.97. The van der Waals surface area contributed by atoms with Crippen molar-refractivity contribution in [3.8, 4) is 0 Å². The summed E-state index contributed by atoms with van der Waals surface area (Å²) in [5.41, 5.74) is 1.65. The van der Waals surface area contributed by atoms with Gasteiger partial charge in [0.25, 0.3) is 5.91 Å². The van der Waals surface area contributed by atoms with Crippen LogP contribution in [0.3, 0.4) is 0 Å². The maximum atomic E-state index is 12.4. The average molecular weight is 283 g/mol. The second-order valence-electron chi connectivity index (χ2n) is 5.03. The predicted octanol–water partition coefficient (Wildman–Crippen LogP) is 1.14. The second kappa shape index (κ2) is 5.87.